The second kappa shape index (κ2) is 13.4. The molecule has 0 radical (unpaired) electrons. The maximum absolute atomic E-state index is 12.9. The fourth-order valence-electron chi connectivity index (χ4n) is 19.5. The fourth-order valence-corrected chi connectivity index (χ4v) is 19.5. The Bertz CT molecular complexity index is 2340. The summed E-state index contributed by atoms with van der Waals surface area (Å²) in [6.07, 6.45) is 11.7. The van der Waals surface area contributed by atoms with Gasteiger partial charge in [0, 0.05) is 41.4 Å². The summed E-state index contributed by atoms with van der Waals surface area (Å²) in [7, 11) is 0. The van der Waals surface area contributed by atoms with Crippen LogP contribution in [0.3, 0.4) is 0 Å². The van der Waals surface area contributed by atoms with Gasteiger partial charge in [-0.3, -0.25) is 9.97 Å². The third-order valence-electron chi connectivity index (χ3n) is 23.2. The summed E-state index contributed by atoms with van der Waals surface area (Å²) in [6.45, 7) is 16.7. The van der Waals surface area contributed by atoms with Gasteiger partial charge in [0.05, 0.1) is 65.5 Å². The summed E-state index contributed by atoms with van der Waals surface area (Å²) in [5, 5.41) is 70.9. The first-order valence-electron chi connectivity index (χ1n) is 26.1. The molecular weight excluding hydrogens is 837 g/mol. The summed E-state index contributed by atoms with van der Waals surface area (Å²) in [5.74, 6) is -1.02. The first kappa shape index (κ1) is 44.1. The molecule has 9 unspecified atom stereocenters. The molecular formula is C54H76N2O10. The Labute approximate surface area is 390 Å². The van der Waals surface area contributed by atoms with Gasteiger partial charge in [-0.2, -0.15) is 0 Å². The predicted molar refractivity (Wildman–Crippen MR) is 241 cm³/mol. The molecule has 362 valence electrons. The lowest BCUT2D eigenvalue weighted by Gasteiger charge is -2.61. The first-order valence-corrected chi connectivity index (χ1v) is 26.1. The van der Waals surface area contributed by atoms with Crippen LogP contribution in [0.2, 0.25) is 0 Å². The third kappa shape index (κ3) is 5.02. The van der Waals surface area contributed by atoms with E-state index in [9.17, 15) is 30.6 Å². The van der Waals surface area contributed by atoms with Crippen molar-refractivity contribution < 1.29 is 49.6 Å². The van der Waals surface area contributed by atoms with Crippen molar-refractivity contribution in [1.29, 1.82) is 0 Å². The number of nitrogens with zero attached hydrogens (tertiary/aromatic N) is 2. The molecule has 12 heteroatoms. The Hall–Kier alpha value is -1.84. The standard InChI is InChI=1S/C54H76N2O10/c1-26-45-40(63-52(26)14-13-46(3,4)65-52)17-35-31-12-10-29-16-37-39(22-49(29,7)33(31)19-42(60)51(35,45)25-58)56-36-15-28-9-11-30-32(48(28,6)21-38(36)55-37)18-41(59)50(8)34(30)20-44-53(50,62)27(2)54(64-44)43(61)23-47(5,24-57)66-54/h17,20,26-33,40-45,57-62H,9-16,18-19,21-25H2,1-8H3/t26?,27?,28?,29?,30?,31?,32?,33?,40-,41+,42+,43?,44-,45-,47-,48-,49-,50+,51+,52+,53+,54-/m1/s1. The number of aliphatic hydroxyl groups is 6. The number of rotatable bonds is 2. The van der Waals surface area contributed by atoms with Crippen molar-refractivity contribution in [3.05, 3.63) is 46.1 Å². The third-order valence-corrected chi connectivity index (χ3v) is 23.2. The predicted octanol–water partition coefficient (Wildman–Crippen LogP) is 5.30. The van der Waals surface area contributed by atoms with E-state index in [0.717, 1.165) is 92.6 Å². The van der Waals surface area contributed by atoms with Crippen LogP contribution in [0, 0.1) is 74.9 Å². The van der Waals surface area contributed by atoms with Crippen molar-refractivity contribution in [2.24, 2.45) is 74.9 Å². The van der Waals surface area contributed by atoms with E-state index in [1.165, 1.54) is 5.57 Å². The number of fused-ring (bicyclic) bond motifs is 16. The van der Waals surface area contributed by atoms with Crippen LogP contribution in [0.25, 0.3) is 0 Å². The van der Waals surface area contributed by atoms with Crippen LogP contribution in [-0.2, 0) is 44.6 Å². The van der Waals surface area contributed by atoms with Crippen LogP contribution >= 0.6 is 0 Å². The molecule has 6 N–H and O–H groups in total. The highest BCUT2D eigenvalue weighted by Gasteiger charge is 2.79. The van der Waals surface area contributed by atoms with Crippen LogP contribution in [0.15, 0.2) is 23.3 Å². The van der Waals surface area contributed by atoms with E-state index >= 15 is 0 Å². The van der Waals surface area contributed by atoms with Crippen molar-refractivity contribution in [2.75, 3.05) is 13.2 Å². The van der Waals surface area contributed by atoms with E-state index < -0.39 is 63.9 Å². The largest absolute Gasteiger partial charge is 0.395 e. The second-order valence-corrected chi connectivity index (χ2v) is 26.2. The maximum atomic E-state index is 12.9. The summed E-state index contributed by atoms with van der Waals surface area (Å²) in [5.41, 5.74) is 2.28. The minimum Gasteiger partial charge on any atom is -0.395 e. The van der Waals surface area contributed by atoms with Crippen molar-refractivity contribution in [2.45, 2.75) is 198 Å². The molecule has 1 aromatic rings. The van der Waals surface area contributed by atoms with Gasteiger partial charge < -0.3 is 49.6 Å². The van der Waals surface area contributed by atoms with Gasteiger partial charge in [0.15, 0.2) is 5.79 Å². The number of hydrogen-bond acceptors (Lipinski definition) is 12. The topological polar surface area (TPSA) is 184 Å². The molecule has 13 rings (SSSR count). The fraction of sp³-hybridized carbons (Fsp3) is 0.852. The molecule has 0 aromatic carbocycles. The Kier molecular flexibility index (Phi) is 8.93. The lowest BCUT2D eigenvalue weighted by molar-refractivity contribution is -0.280. The first-order chi connectivity index (χ1) is 31.1. The van der Waals surface area contributed by atoms with Gasteiger partial charge in [0.25, 0.3) is 0 Å². The Morgan fingerprint density at radius 2 is 1.29 bits per heavy atom. The van der Waals surface area contributed by atoms with Crippen LogP contribution in [0.4, 0.5) is 0 Å². The zero-order valence-corrected chi connectivity index (χ0v) is 40.6. The Morgan fingerprint density at radius 3 is 1.85 bits per heavy atom. The second-order valence-electron chi connectivity index (χ2n) is 26.2. The SMILES string of the molecule is CC1[C@@H]2[C@@H](C=C3C4CCC5Cc6nc7c(nc6C[C@@]5(C)C4C[C@H](O)[C@]32CO)CC2CCC3C4=C[C@H]5O[C@@]6(O[C@@](C)(CO)CC6O)C(C)[C@@]5(O)[C@]4(C)[C@@H](O)CC3[C@]2(C)C7)O[C@]12CCC(C)(C)O2. The van der Waals surface area contributed by atoms with Crippen LogP contribution < -0.4 is 0 Å². The number of ether oxygens (including phenoxy) is 4. The quantitative estimate of drug-likeness (QED) is 0.211. The average molecular weight is 913 g/mol. The van der Waals surface area contributed by atoms with Crippen molar-refractivity contribution in [1.82, 2.24) is 9.97 Å². The van der Waals surface area contributed by atoms with Gasteiger partial charge in [0.1, 0.15) is 17.8 Å². The molecule has 4 aliphatic heterocycles. The van der Waals surface area contributed by atoms with Gasteiger partial charge >= 0.3 is 0 Å². The zero-order chi connectivity index (χ0) is 46.3. The lowest BCUT2D eigenvalue weighted by Crippen LogP contribution is -2.65. The molecule has 4 saturated heterocycles. The molecule has 5 heterocycles. The monoisotopic (exact) mass is 913 g/mol. The average Bonchev–Trinajstić information content (AvgIpc) is 4.03. The van der Waals surface area contributed by atoms with Crippen molar-refractivity contribution in [3.63, 3.8) is 0 Å². The van der Waals surface area contributed by atoms with Crippen molar-refractivity contribution >= 4 is 0 Å². The van der Waals surface area contributed by atoms with Gasteiger partial charge in [0.2, 0.25) is 5.79 Å². The molecule has 0 amide bonds. The van der Waals surface area contributed by atoms with E-state index in [1.807, 2.05) is 13.8 Å². The minimum absolute atomic E-state index is 0.0163. The molecule has 0 bridgehead atoms. The zero-order valence-electron chi connectivity index (χ0n) is 40.6. The summed E-state index contributed by atoms with van der Waals surface area (Å²) in [4.78, 5) is 11.2. The molecule has 66 heavy (non-hydrogen) atoms. The number of aromatic nitrogens is 2. The van der Waals surface area contributed by atoms with E-state index in [0.29, 0.717) is 24.7 Å². The van der Waals surface area contributed by atoms with Crippen molar-refractivity contribution in [3.8, 4) is 0 Å². The van der Waals surface area contributed by atoms with E-state index in [2.05, 4.69) is 46.8 Å². The number of aliphatic hydroxyl groups excluding tert-OH is 5. The van der Waals surface area contributed by atoms with Gasteiger partial charge in [-0.25, -0.2) is 0 Å². The molecule has 1 aromatic heterocycles. The molecule has 2 spiro atoms. The molecule has 12 aliphatic rings. The maximum Gasteiger partial charge on any atom is 0.201 e. The molecule has 4 saturated carbocycles. The molecule has 22 atom stereocenters. The number of hydrogen-bond donors (Lipinski definition) is 6. The summed E-state index contributed by atoms with van der Waals surface area (Å²) >= 11 is 0. The van der Waals surface area contributed by atoms with Gasteiger partial charge in [-0.05, 0) is 138 Å². The summed E-state index contributed by atoms with van der Waals surface area (Å²) < 4.78 is 26.6. The molecule has 8 fully saturated rings. The Morgan fingerprint density at radius 1 is 0.682 bits per heavy atom. The summed E-state index contributed by atoms with van der Waals surface area (Å²) in [6, 6.07) is 0. The molecule has 12 nitrogen and oxygen atoms in total. The van der Waals surface area contributed by atoms with Gasteiger partial charge in [-0.15, -0.1) is 0 Å². The van der Waals surface area contributed by atoms with Crippen LogP contribution in [-0.4, -0.2) is 113 Å². The highest BCUT2D eigenvalue weighted by Crippen LogP contribution is 2.73. The van der Waals surface area contributed by atoms with E-state index in [-0.39, 0.29) is 77.7 Å². The highest BCUT2D eigenvalue weighted by atomic mass is 16.7. The van der Waals surface area contributed by atoms with Crippen LogP contribution in [0.1, 0.15) is 136 Å². The van der Waals surface area contributed by atoms with Gasteiger partial charge in [-0.1, -0.05) is 57.9 Å². The normalized spacial score (nSPS) is 57.7. The van der Waals surface area contributed by atoms with Crippen LogP contribution in [0.5, 0.6) is 0 Å². The lowest BCUT2D eigenvalue weighted by atomic mass is 9.44. The highest BCUT2D eigenvalue weighted by molar-refractivity contribution is 5.44. The van der Waals surface area contributed by atoms with E-state index in [1.54, 1.807) is 6.92 Å². The minimum atomic E-state index is -1.49. The molecule has 8 aliphatic carbocycles. The smallest absolute Gasteiger partial charge is 0.201 e. The van der Waals surface area contributed by atoms with E-state index in [4.69, 9.17) is 28.9 Å². The Balaban J connectivity index is 0.773.